The zero-order chi connectivity index (χ0) is 35.1. The fourth-order valence-corrected chi connectivity index (χ4v) is 6.70. The minimum absolute atomic E-state index is 0.0882. The summed E-state index contributed by atoms with van der Waals surface area (Å²) in [6.45, 7) is 18.9. The van der Waals surface area contributed by atoms with E-state index in [9.17, 15) is 10.1 Å². The van der Waals surface area contributed by atoms with E-state index in [4.69, 9.17) is 23.7 Å². The average molecular weight is 662 g/mol. The molecule has 3 heterocycles. The van der Waals surface area contributed by atoms with Crippen LogP contribution < -0.4 is 9.47 Å². The molecule has 0 spiro atoms. The molecule has 9 nitrogen and oxygen atoms in total. The van der Waals surface area contributed by atoms with Gasteiger partial charge >= 0.3 is 0 Å². The number of methoxy groups -OCH3 is 2. The van der Waals surface area contributed by atoms with Gasteiger partial charge in [-0.2, -0.15) is 0 Å². The number of nitrogens with zero attached hydrogens (tertiary/aromatic N) is 1. The maximum Gasteiger partial charge on any atom is 0.201 e. The number of carbonyl (C=O) groups is 1. The zero-order valence-electron chi connectivity index (χ0n) is 31.0. The molecule has 2 aliphatic carbocycles. The van der Waals surface area contributed by atoms with Gasteiger partial charge < -0.3 is 23.7 Å². The first kappa shape index (κ1) is 40.9. The first-order valence-corrected chi connectivity index (χ1v) is 17.9. The lowest BCUT2D eigenvalue weighted by Crippen LogP contribution is -2.54. The van der Waals surface area contributed by atoms with Gasteiger partial charge in [0, 0.05) is 50.4 Å². The van der Waals surface area contributed by atoms with E-state index >= 15 is 0 Å². The number of fused-ring (bicyclic) bond motifs is 2. The maximum atomic E-state index is 11.3. The average Bonchev–Trinajstić information content (AvgIpc) is 3.24. The van der Waals surface area contributed by atoms with Crippen LogP contribution in [-0.2, 0) is 23.9 Å². The van der Waals surface area contributed by atoms with E-state index in [1.165, 1.54) is 38.2 Å². The maximum absolute atomic E-state index is 11.3. The van der Waals surface area contributed by atoms with Crippen LogP contribution in [0.3, 0.4) is 0 Å². The van der Waals surface area contributed by atoms with E-state index in [0.29, 0.717) is 66.1 Å². The van der Waals surface area contributed by atoms with E-state index in [0.717, 1.165) is 17.8 Å². The third-order valence-corrected chi connectivity index (χ3v) is 9.41. The second-order valence-electron chi connectivity index (χ2n) is 13.0. The van der Waals surface area contributed by atoms with Crippen LogP contribution in [0, 0.1) is 29.6 Å². The first-order valence-electron chi connectivity index (χ1n) is 17.9. The highest BCUT2D eigenvalue weighted by molar-refractivity contribution is 6.11. The van der Waals surface area contributed by atoms with Crippen molar-refractivity contribution in [2.45, 2.75) is 138 Å². The molecule has 5 aliphatic rings. The summed E-state index contributed by atoms with van der Waals surface area (Å²) in [7, 11) is 3.28. The molecule has 1 aromatic carbocycles. The van der Waals surface area contributed by atoms with Gasteiger partial charge in [0.15, 0.2) is 29.9 Å². The number of unbranched alkanes of at least 4 members (excludes halogenated alkanes) is 1. The first-order chi connectivity index (χ1) is 22.6. The van der Waals surface area contributed by atoms with Crippen LogP contribution in [0.2, 0.25) is 0 Å². The van der Waals surface area contributed by atoms with Crippen molar-refractivity contribution < 1.29 is 38.6 Å². The molecule has 1 N–H and O–H groups in total. The van der Waals surface area contributed by atoms with Crippen LogP contribution in [0.15, 0.2) is 35.0 Å². The van der Waals surface area contributed by atoms with Gasteiger partial charge in [-0.25, -0.2) is 15.1 Å². The normalized spacial score (nSPS) is 31.5. The summed E-state index contributed by atoms with van der Waals surface area (Å²) in [6.07, 6.45) is 10.1. The monoisotopic (exact) mass is 661 g/mol. The zero-order valence-corrected chi connectivity index (χ0v) is 31.0. The number of rotatable bonds is 4. The molecule has 2 unspecified atom stereocenters. The Bertz CT molecular complexity index is 1150. The van der Waals surface area contributed by atoms with Crippen molar-refractivity contribution in [2.24, 2.45) is 34.6 Å². The van der Waals surface area contributed by atoms with Gasteiger partial charge in [-0.3, -0.25) is 4.79 Å². The molecule has 2 saturated heterocycles. The molecule has 0 amide bonds. The van der Waals surface area contributed by atoms with Crippen molar-refractivity contribution in [1.82, 2.24) is 0 Å². The molecule has 3 fully saturated rings. The van der Waals surface area contributed by atoms with Crippen LogP contribution in [0.4, 0.5) is 5.69 Å². The molecule has 47 heavy (non-hydrogen) atoms. The highest BCUT2D eigenvalue weighted by Gasteiger charge is 2.54. The van der Waals surface area contributed by atoms with Crippen LogP contribution in [0.1, 0.15) is 120 Å². The van der Waals surface area contributed by atoms with Gasteiger partial charge in [0.05, 0.1) is 12.8 Å². The van der Waals surface area contributed by atoms with Crippen LogP contribution in [-0.4, -0.2) is 49.3 Å². The summed E-state index contributed by atoms with van der Waals surface area (Å²) in [5.74, 6) is 3.54. The molecular formula is C38H63NO8. The summed E-state index contributed by atoms with van der Waals surface area (Å²) >= 11 is 0. The molecule has 3 aliphatic heterocycles. The van der Waals surface area contributed by atoms with Crippen LogP contribution >= 0.6 is 0 Å². The molecule has 1 aromatic rings. The third-order valence-electron chi connectivity index (χ3n) is 9.41. The van der Waals surface area contributed by atoms with Gasteiger partial charge in [0.1, 0.15) is 11.4 Å². The predicted molar refractivity (Wildman–Crippen MR) is 187 cm³/mol. The Kier molecular flexibility index (Phi) is 17.6. The fourth-order valence-electron chi connectivity index (χ4n) is 6.70. The number of allylic oxidation sites excluding steroid dienone is 2. The number of hydrogen-bond acceptors (Lipinski definition) is 9. The summed E-state index contributed by atoms with van der Waals surface area (Å²) < 4.78 is 28.4. The Labute approximate surface area is 284 Å². The Hall–Kier alpha value is -2.30. The largest absolute Gasteiger partial charge is 0.497 e. The fraction of sp³-hybridized carbons (Fsp3) is 0.737. The molecule has 8 atom stereocenters. The molecule has 0 aromatic heterocycles. The van der Waals surface area contributed by atoms with Crippen LogP contribution in [0.25, 0.3) is 0 Å². The number of carbonyl (C=O) groups excluding carboxylic acids is 1. The standard InChI is InChI=1S/C16H28O5.C13H11NO3.C4H10.C3H8.C2H6/c1-9-5-6-12-10(2)14(18-4)19-15-13(12)11(9)7-8-16(3,20-15)21-17;1-16-9-3-5-11-13(7-9)17-12-6-8(15)2-4-10(12)14-11;1-3-4-2;1-3-2;1-2/h9-15,17H,5-8H2,1-4H3;3,5-7H,2,4H2,1H3;3-4H2,1-2H3;3H2,1-2H3;1-2H3/t9-,10-,11+,12+,13?,14-,15-,16?;;;;/m1..../s1. The second kappa shape index (κ2) is 20.3. The minimum Gasteiger partial charge on any atom is -0.497 e. The quantitative estimate of drug-likeness (QED) is 0.251. The number of benzene rings is 1. The molecule has 6 rings (SSSR count). The molecule has 0 radical (unpaired) electrons. The Morgan fingerprint density at radius 3 is 2.28 bits per heavy atom. The summed E-state index contributed by atoms with van der Waals surface area (Å²) in [5.41, 5.74) is 1.63. The van der Waals surface area contributed by atoms with Crippen molar-refractivity contribution in [2.75, 3.05) is 14.2 Å². The number of ketones is 1. The molecule has 9 heteroatoms. The summed E-state index contributed by atoms with van der Waals surface area (Å²) in [5, 5.41) is 9.24. The van der Waals surface area contributed by atoms with E-state index < -0.39 is 5.79 Å². The second-order valence-corrected chi connectivity index (χ2v) is 13.0. The lowest BCUT2D eigenvalue weighted by atomic mass is 9.61. The number of hydrogen-bond donors (Lipinski definition) is 1. The van der Waals surface area contributed by atoms with Crippen molar-refractivity contribution in [3.8, 4) is 11.5 Å². The highest BCUT2D eigenvalue weighted by atomic mass is 17.1. The van der Waals surface area contributed by atoms with Crippen molar-refractivity contribution in [1.29, 1.82) is 0 Å². The van der Waals surface area contributed by atoms with E-state index in [-0.39, 0.29) is 18.4 Å². The van der Waals surface area contributed by atoms with E-state index in [1.807, 2.05) is 26.0 Å². The summed E-state index contributed by atoms with van der Waals surface area (Å²) in [4.78, 5) is 20.5. The van der Waals surface area contributed by atoms with Gasteiger partial charge in [-0.05, 0) is 49.7 Å². The molecule has 1 saturated carbocycles. The molecule has 268 valence electrons. The Balaban J connectivity index is 0.000000265. The predicted octanol–water partition coefficient (Wildman–Crippen LogP) is 9.90. The van der Waals surface area contributed by atoms with E-state index in [1.54, 1.807) is 27.2 Å². The Morgan fingerprint density at radius 1 is 1.00 bits per heavy atom. The van der Waals surface area contributed by atoms with Gasteiger partial charge in [-0.1, -0.05) is 81.1 Å². The lowest BCUT2D eigenvalue weighted by Gasteiger charge is -2.51. The minimum atomic E-state index is -0.981. The lowest BCUT2D eigenvalue weighted by molar-refractivity contribution is -0.443. The van der Waals surface area contributed by atoms with Crippen molar-refractivity contribution in [3.63, 3.8) is 0 Å². The Morgan fingerprint density at radius 2 is 1.68 bits per heavy atom. The highest BCUT2D eigenvalue weighted by Crippen LogP contribution is 2.53. The van der Waals surface area contributed by atoms with Gasteiger partial charge in [0.25, 0.3) is 0 Å². The molecular weight excluding hydrogens is 598 g/mol. The van der Waals surface area contributed by atoms with Crippen LogP contribution in [0.5, 0.6) is 11.5 Å². The number of ether oxygens (including phenoxy) is 5. The van der Waals surface area contributed by atoms with Gasteiger partial charge in [0.2, 0.25) is 5.79 Å². The smallest absolute Gasteiger partial charge is 0.201 e. The topological polar surface area (TPSA) is 105 Å². The summed E-state index contributed by atoms with van der Waals surface area (Å²) in [6, 6.07) is 5.47. The van der Waals surface area contributed by atoms with E-state index in [2.05, 4.69) is 51.4 Å². The molecule has 0 bridgehead atoms. The SMILES string of the molecule is CC.CCC.CCCC.CO[C@@H]1O[C@@H]2OC(C)(OO)CC[C@@H]3C2[C@@H](CC[C@H]3C)[C@H]1C.COc1ccc2c(c1)OC1=CC(=O)CCC1=N2. The number of aliphatic imine (C=N–C) groups is 1. The van der Waals surface area contributed by atoms with Crippen molar-refractivity contribution in [3.05, 3.63) is 30.0 Å². The third kappa shape index (κ3) is 10.8. The van der Waals surface area contributed by atoms with Crippen molar-refractivity contribution >= 4 is 17.2 Å². The van der Waals surface area contributed by atoms with Gasteiger partial charge in [-0.15, -0.1) is 0 Å².